The number of benzene rings is 3. The highest BCUT2D eigenvalue weighted by Gasteiger charge is 2.12. The van der Waals surface area contributed by atoms with Gasteiger partial charge in [-0.3, -0.25) is 9.59 Å². The summed E-state index contributed by atoms with van der Waals surface area (Å²) in [7, 11) is 0. The summed E-state index contributed by atoms with van der Waals surface area (Å²) in [5.41, 5.74) is 15.7. The minimum Gasteiger partial charge on any atom is -0.489 e. The van der Waals surface area contributed by atoms with Gasteiger partial charge in [0.25, 0.3) is 0 Å². The third kappa shape index (κ3) is 5.21. The molecule has 3 aromatic rings. The molecule has 5 N–H and O–H groups in total. The van der Waals surface area contributed by atoms with Crippen LogP contribution in [0.1, 0.15) is 27.0 Å². The van der Waals surface area contributed by atoms with E-state index in [0.29, 0.717) is 17.9 Å². The molecule has 3 aromatic carbocycles. The van der Waals surface area contributed by atoms with E-state index in [1.807, 2.05) is 48.5 Å². The van der Waals surface area contributed by atoms with Crippen LogP contribution < -0.4 is 16.2 Å². The zero-order valence-electron chi connectivity index (χ0n) is 15.8. The summed E-state index contributed by atoms with van der Waals surface area (Å²) in [5.74, 6) is -1.22. The molecule has 0 radical (unpaired) electrons. The predicted octanol–water partition coefficient (Wildman–Crippen LogP) is 3.12. The highest BCUT2D eigenvalue weighted by molar-refractivity contribution is 5.93. The van der Waals surface area contributed by atoms with Crippen LogP contribution in [-0.4, -0.2) is 17.0 Å². The van der Waals surface area contributed by atoms with Gasteiger partial charge in [0, 0.05) is 17.7 Å². The first-order valence-corrected chi connectivity index (χ1v) is 9.12. The Balaban J connectivity index is 1.81. The van der Waals surface area contributed by atoms with Crippen LogP contribution in [0.2, 0.25) is 0 Å². The molecule has 0 aromatic heterocycles. The third-order valence-electron chi connectivity index (χ3n) is 4.50. The van der Waals surface area contributed by atoms with E-state index in [9.17, 15) is 9.59 Å². The van der Waals surface area contributed by atoms with E-state index in [2.05, 4.69) is 0 Å². The molecule has 1 amide bonds. The molecule has 0 aliphatic carbocycles. The van der Waals surface area contributed by atoms with Gasteiger partial charge in [-0.1, -0.05) is 36.4 Å². The number of aliphatic carboxylic acids is 1. The van der Waals surface area contributed by atoms with Gasteiger partial charge < -0.3 is 21.3 Å². The smallest absolute Gasteiger partial charge is 0.307 e. The minimum atomic E-state index is -1.02. The van der Waals surface area contributed by atoms with Gasteiger partial charge in [0.1, 0.15) is 12.4 Å². The summed E-state index contributed by atoms with van der Waals surface area (Å²) in [5, 5.41) is 9.13. The largest absolute Gasteiger partial charge is 0.489 e. The lowest BCUT2D eigenvalue weighted by atomic mass is 10.0. The lowest BCUT2D eigenvalue weighted by molar-refractivity contribution is -0.136. The van der Waals surface area contributed by atoms with Crippen molar-refractivity contribution in [3.05, 3.63) is 89.0 Å². The fourth-order valence-electron chi connectivity index (χ4n) is 3.05. The van der Waals surface area contributed by atoms with Gasteiger partial charge in [-0.05, 0) is 52.6 Å². The van der Waals surface area contributed by atoms with Gasteiger partial charge in [-0.2, -0.15) is 0 Å². The number of hydrogen-bond donors (Lipinski definition) is 3. The van der Waals surface area contributed by atoms with Crippen molar-refractivity contribution >= 4 is 11.9 Å². The molecule has 0 atom stereocenters. The van der Waals surface area contributed by atoms with Crippen LogP contribution in [0.25, 0.3) is 11.1 Å². The first kappa shape index (κ1) is 20.1. The number of carbonyl (C=O) groups is 2. The number of nitrogens with two attached hydrogens (primary N) is 2. The Hall–Kier alpha value is -3.64. The molecular formula is C23H22N2O4. The van der Waals surface area contributed by atoms with Crippen molar-refractivity contribution < 1.29 is 19.4 Å². The average Bonchev–Trinajstić information content (AvgIpc) is 2.72. The number of amides is 1. The van der Waals surface area contributed by atoms with E-state index in [-0.39, 0.29) is 18.6 Å². The number of hydrogen-bond acceptors (Lipinski definition) is 4. The molecular weight excluding hydrogens is 368 g/mol. The summed E-state index contributed by atoms with van der Waals surface area (Å²) >= 11 is 0. The van der Waals surface area contributed by atoms with Crippen molar-refractivity contribution in [3.63, 3.8) is 0 Å². The average molecular weight is 390 g/mol. The van der Waals surface area contributed by atoms with Crippen LogP contribution in [0, 0.1) is 0 Å². The normalized spacial score (nSPS) is 10.5. The topological polar surface area (TPSA) is 116 Å². The Bertz CT molecular complexity index is 1050. The molecule has 6 nitrogen and oxygen atoms in total. The van der Waals surface area contributed by atoms with Gasteiger partial charge in [-0.15, -0.1) is 0 Å². The Kier molecular flexibility index (Phi) is 6.26. The SMILES string of the molecule is NCc1cccc(-c2cccc(COc3ccc(C(N)=O)cc3CC(=O)O)c2)c1. The van der Waals surface area contributed by atoms with Crippen molar-refractivity contribution in [1.82, 2.24) is 0 Å². The molecule has 0 aliphatic heterocycles. The summed E-state index contributed by atoms with van der Waals surface area (Å²) in [6, 6.07) is 20.5. The molecule has 0 spiro atoms. The highest BCUT2D eigenvalue weighted by Crippen LogP contribution is 2.25. The van der Waals surface area contributed by atoms with Gasteiger partial charge in [0.05, 0.1) is 6.42 Å². The Morgan fingerprint density at radius 3 is 2.17 bits per heavy atom. The van der Waals surface area contributed by atoms with Gasteiger partial charge in [0.15, 0.2) is 0 Å². The number of ether oxygens (including phenoxy) is 1. The fourth-order valence-corrected chi connectivity index (χ4v) is 3.05. The maximum absolute atomic E-state index is 11.4. The number of primary amides is 1. The molecule has 0 unspecified atom stereocenters. The molecule has 0 heterocycles. The standard InChI is InChI=1S/C23H22N2O4/c24-13-15-3-1-5-17(9-15)18-6-2-4-16(10-18)14-29-21-8-7-19(23(25)28)11-20(21)12-22(26)27/h1-11H,12-14,24H2,(H2,25,28)(H,26,27). The molecule has 0 saturated heterocycles. The second-order valence-electron chi connectivity index (χ2n) is 6.65. The lowest BCUT2D eigenvalue weighted by Gasteiger charge is -2.12. The van der Waals surface area contributed by atoms with Gasteiger partial charge >= 0.3 is 5.97 Å². The lowest BCUT2D eigenvalue weighted by Crippen LogP contribution is -2.12. The molecule has 29 heavy (non-hydrogen) atoms. The molecule has 3 rings (SSSR count). The first-order chi connectivity index (χ1) is 14.0. The molecule has 0 fully saturated rings. The number of carboxylic acid groups (broad SMARTS) is 1. The molecule has 0 saturated carbocycles. The Morgan fingerprint density at radius 1 is 0.897 bits per heavy atom. The maximum Gasteiger partial charge on any atom is 0.307 e. The molecule has 0 aliphatic rings. The van der Waals surface area contributed by atoms with Crippen LogP contribution in [0.15, 0.2) is 66.7 Å². The second-order valence-corrected chi connectivity index (χ2v) is 6.65. The van der Waals surface area contributed by atoms with E-state index < -0.39 is 11.9 Å². The first-order valence-electron chi connectivity index (χ1n) is 9.12. The van der Waals surface area contributed by atoms with E-state index >= 15 is 0 Å². The van der Waals surface area contributed by atoms with Crippen LogP contribution >= 0.6 is 0 Å². The maximum atomic E-state index is 11.4. The van der Waals surface area contributed by atoms with Crippen LogP contribution in [0.4, 0.5) is 0 Å². The monoisotopic (exact) mass is 390 g/mol. The Morgan fingerprint density at radius 2 is 1.55 bits per heavy atom. The highest BCUT2D eigenvalue weighted by atomic mass is 16.5. The van der Waals surface area contributed by atoms with Gasteiger partial charge in [0.2, 0.25) is 5.91 Å². The zero-order chi connectivity index (χ0) is 20.8. The Labute approximate surface area is 168 Å². The number of carboxylic acids is 1. The molecule has 148 valence electrons. The molecule has 0 bridgehead atoms. The van der Waals surface area contributed by atoms with Crippen LogP contribution in [0.3, 0.4) is 0 Å². The van der Waals surface area contributed by atoms with E-state index in [4.69, 9.17) is 21.3 Å². The minimum absolute atomic E-state index is 0.246. The summed E-state index contributed by atoms with van der Waals surface area (Å²) in [4.78, 5) is 22.5. The van der Waals surface area contributed by atoms with Crippen molar-refractivity contribution in [2.45, 2.75) is 19.6 Å². The van der Waals surface area contributed by atoms with Crippen molar-refractivity contribution in [1.29, 1.82) is 0 Å². The van der Waals surface area contributed by atoms with E-state index in [1.54, 1.807) is 6.07 Å². The summed E-state index contributed by atoms with van der Waals surface area (Å²) < 4.78 is 5.86. The van der Waals surface area contributed by atoms with Gasteiger partial charge in [-0.25, -0.2) is 0 Å². The van der Waals surface area contributed by atoms with Crippen molar-refractivity contribution in [2.75, 3.05) is 0 Å². The third-order valence-corrected chi connectivity index (χ3v) is 4.50. The summed E-state index contributed by atoms with van der Waals surface area (Å²) in [6.07, 6.45) is -0.262. The van der Waals surface area contributed by atoms with Crippen LogP contribution in [-0.2, 0) is 24.4 Å². The molecule has 6 heteroatoms. The number of carbonyl (C=O) groups excluding carboxylic acids is 1. The van der Waals surface area contributed by atoms with Crippen molar-refractivity contribution in [2.24, 2.45) is 11.5 Å². The zero-order valence-corrected chi connectivity index (χ0v) is 15.8. The quantitative estimate of drug-likeness (QED) is 0.546. The predicted molar refractivity (Wildman–Crippen MR) is 110 cm³/mol. The second kappa shape index (κ2) is 9.03. The van der Waals surface area contributed by atoms with Crippen LogP contribution in [0.5, 0.6) is 5.75 Å². The fraction of sp³-hybridized carbons (Fsp3) is 0.130. The van der Waals surface area contributed by atoms with Crippen molar-refractivity contribution in [3.8, 4) is 16.9 Å². The van der Waals surface area contributed by atoms with E-state index in [0.717, 1.165) is 22.3 Å². The number of rotatable bonds is 8. The summed E-state index contributed by atoms with van der Waals surface area (Å²) in [6.45, 7) is 0.733. The van der Waals surface area contributed by atoms with E-state index in [1.165, 1.54) is 12.1 Å².